The molecule has 10 nitrogen and oxygen atoms in total. The molecule has 27 heavy (non-hydrogen) atoms. The number of carbonyl (C=O) groups is 1. The van der Waals surface area contributed by atoms with Crippen molar-refractivity contribution >= 4 is 22.9 Å². The summed E-state index contributed by atoms with van der Waals surface area (Å²) in [6.07, 6.45) is 3.21. The highest BCUT2D eigenvalue weighted by atomic mass is 19.1. The number of non-ortho nitro benzene ring substituents is 2. The monoisotopic (exact) mass is 373 g/mol. The Morgan fingerprint density at radius 3 is 2.41 bits per heavy atom. The van der Waals surface area contributed by atoms with Gasteiger partial charge < -0.3 is 9.72 Å². The van der Waals surface area contributed by atoms with Crippen LogP contribution in [0.5, 0.6) is 0 Å². The molecule has 0 spiro atoms. The van der Waals surface area contributed by atoms with Crippen molar-refractivity contribution < 1.29 is 19.0 Å². The summed E-state index contributed by atoms with van der Waals surface area (Å²) in [5.74, 6) is -1.09. The normalized spacial score (nSPS) is 10.7. The molecule has 1 amide bonds. The molecule has 2 heterocycles. The predicted octanol–water partition coefficient (Wildman–Crippen LogP) is 2.26. The Morgan fingerprint density at radius 1 is 1.11 bits per heavy atom. The van der Waals surface area contributed by atoms with Gasteiger partial charge in [-0.2, -0.15) is 0 Å². The van der Waals surface area contributed by atoms with Gasteiger partial charge in [0.1, 0.15) is 11.5 Å². The number of benzene rings is 1. The Labute approximate surface area is 150 Å². The fourth-order valence-corrected chi connectivity index (χ4v) is 2.48. The number of carbonyl (C=O) groups excluding carboxylic acids is 1. The van der Waals surface area contributed by atoms with E-state index in [-0.39, 0.29) is 12.1 Å². The van der Waals surface area contributed by atoms with Crippen molar-refractivity contribution in [1.82, 2.24) is 14.7 Å². The molecule has 2 aromatic heterocycles. The molecular formula is C16H12FN5O5. The van der Waals surface area contributed by atoms with Crippen molar-refractivity contribution in [3.63, 3.8) is 0 Å². The van der Waals surface area contributed by atoms with Crippen molar-refractivity contribution in [1.29, 1.82) is 0 Å². The van der Waals surface area contributed by atoms with Gasteiger partial charge in [0.2, 0.25) is 0 Å². The summed E-state index contributed by atoms with van der Waals surface area (Å²) >= 11 is 0. The highest BCUT2D eigenvalue weighted by Crippen LogP contribution is 2.22. The second-order valence-electron chi connectivity index (χ2n) is 5.60. The lowest BCUT2D eigenvalue weighted by Crippen LogP contribution is -2.25. The van der Waals surface area contributed by atoms with Gasteiger partial charge >= 0.3 is 0 Å². The molecular weight excluding hydrogens is 361 g/mol. The third kappa shape index (κ3) is 4.03. The van der Waals surface area contributed by atoms with Crippen LogP contribution in [0.4, 0.5) is 15.8 Å². The van der Waals surface area contributed by atoms with Crippen LogP contribution in [-0.4, -0.2) is 31.7 Å². The third-order valence-corrected chi connectivity index (χ3v) is 3.72. The zero-order valence-electron chi connectivity index (χ0n) is 13.7. The molecule has 3 aromatic rings. The summed E-state index contributed by atoms with van der Waals surface area (Å²) in [7, 11) is 0. The minimum Gasteiger partial charge on any atom is -0.352 e. The number of hydrogen-bond acceptors (Lipinski definition) is 6. The minimum absolute atomic E-state index is 0.141. The van der Waals surface area contributed by atoms with E-state index >= 15 is 0 Å². The van der Waals surface area contributed by atoms with E-state index in [9.17, 15) is 29.4 Å². The van der Waals surface area contributed by atoms with Gasteiger partial charge in [0, 0.05) is 37.5 Å². The number of halogens is 1. The minimum atomic E-state index is -0.806. The van der Waals surface area contributed by atoms with E-state index in [0.717, 1.165) is 18.2 Å². The SMILES string of the molecule is O=C(NCCc1cn2cc(F)ccc2n1)c1cc([N+](=O)[O-])cc([N+](=O)[O-])c1. The van der Waals surface area contributed by atoms with E-state index in [1.807, 2.05) is 0 Å². The van der Waals surface area contributed by atoms with Gasteiger partial charge in [0.05, 0.1) is 27.2 Å². The zero-order valence-corrected chi connectivity index (χ0v) is 13.7. The van der Waals surface area contributed by atoms with Crippen molar-refractivity contribution in [2.45, 2.75) is 6.42 Å². The predicted molar refractivity (Wildman–Crippen MR) is 90.9 cm³/mol. The lowest BCUT2D eigenvalue weighted by atomic mass is 10.1. The van der Waals surface area contributed by atoms with Crippen LogP contribution in [0.2, 0.25) is 0 Å². The Balaban J connectivity index is 1.69. The average Bonchev–Trinajstić information content (AvgIpc) is 3.02. The third-order valence-electron chi connectivity index (χ3n) is 3.72. The number of hydrogen-bond donors (Lipinski definition) is 1. The summed E-state index contributed by atoms with van der Waals surface area (Å²) in [6, 6.07) is 5.52. The number of nitro groups is 2. The van der Waals surface area contributed by atoms with Crippen molar-refractivity contribution in [3.8, 4) is 0 Å². The number of nitrogens with zero attached hydrogens (tertiary/aromatic N) is 4. The van der Waals surface area contributed by atoms with E-state index in [1.54, 1.807) is 6.20 Å². The number of nitro benzene ring substituents is 2. The number of pyridine rings is 1. The highest BCUT2D eigenvalue weighted by Gasteiger charge is 2.19. The maximum absolute atomic E-state index is 13.2. The van der Waals surface area contributed by atoms with Crippen LogP contribution in [-0.2, 0) is 6.42 Å². The molecule has 0 unspecified atom stereocenters. The van der Waals surface area contributed by atoms with Gasteiger partial charge in [0.15, 0.2) is 0 Å². The molecule has 138 valence electrons. The summed E-state index contributed by atoms with van der Waals surface area (Å²) in [5.41, 5.74) is -0.126. The van der Waals surface area contributed by atoms with E-state index < -0.39 is 32.9 Å². The number of aromatic nitrogens is 2. The second kappa shape index (κ2) is 7.15. The second-order valence-corrected chi connectivity index (χ2v) is 5.60. The van der Waals surface area contributed by atoms with E-state index in [4.69, 9.17) is 0 Å². The Hall–Kier alpha value is -3.89. The van der Waals surface area contributed by atoms with Gasteiger partial charge in [-0.25, -0.2) is 9.37 Å². The Morgan fingerprint density at radius 2 is 1.78 bits per heavy atom. The topological polar surface area (TPSA) is 133 Å². The average molecular weight is 373 g/mol. The molecule has 0 saturated heterocycles. The molecule has 0 saturated carbocycles. The molecule has 1 aromatic carbocycles. The number of nitrogens with one attached hydrogen (secondary N) is 1. The van der Waals surface area contributed by atoms with Crippen LogP contribution in [0.3, 0.4) is 0 Å². The standard InChI is InChI=1S/C16H12FN5O5/c17-11-1-2-15-19-12(9-20(15)8-11)3-4-18-16(23)10-5-13(21(24)25)7-14(6-10)22(26)27/h1-2,5-9H,3-4H2,(H,18,23). The molecule has 0 fully saturated rings. The lowest BCUT2D eigenvalue weighted by molar-refractivity contribution is -0.394. The first-order valence-corrected chi connectivity index (χ1v) is 7.69. The molecule has 1 N–H and O–H groups in total. The smallest absolute Gasteiger partial charge is 0.277 e. The molecule has 0 aliphatic rings. The van der Waals surface area contributed by atoms with Crippen LogP contribution in [0.15, 0.2) is 42.7 Å². The Kier molecular flexibility index (Phi) is 4.75. The van der Waals surface area contributed by atoms with Crippen LogP contribution >= 0.6 is 0 Å². The van der Waals surface area contributed by atoms with Crippen molar-refractivity contribution in [2.24, 2.45) is 0 Å². The van der Waals surface area contributed by atoms with E-state index in [0.29, 0.717) is 17.8 Å². The number of rotatable bonds is 6. The van der Waals surface area contributed by atoms with E-state index in [1.165, 1.54) is 22.7 Å². The van der Waals surface area contributed by atoms with Crippen molar-refractivity contribution in [3.05, 3.63) is 80.0 Å². The molecule has 0 radical (unpaired) electrons. The fourth-order valence-electron chi connectivity index (χ4n) is 2.48. The summed E-state index contributed by atoms with van der Waals surface area (Å²) in [5, 5.41) is 24.3. The quantitative estimate of drug-likeness (QED) is 0.520. The lowest BCUT2D eigenvalue weighted by Gasteiger charge is -2.04. The van der Waals surface area contributed by atoms with E-state index in [2.05, 4.69) is 10.3 Å². The highest BCUT2D eigenvalue weighted by molar-refractivity contribution is 5.95. The van der Waals surface area contributed by atoms with Crippen molar-refractivity contribution in [2.75, 3.05) is 6.54 Å². The van der Waals surface area contributed by atoms with Crippen LogP contribution in [0.25, 0.3) is 5.65 Å². The van der Waals surface area contributed by atoms with Gasteiger partial charge in [-0.05, 0) is 12.1 Å². The number of amides is 1. The number of imidazole rings is 1. The summed E-state index contributed by atoms with van der Waals surface area (Å²) < 4.78 is 14.7. The van der Waals surface area contributed by atoms with Crippen LogP contribution in [0, 0.1) is 26.0 Å². The molecule has 3 rings (SSSR count). The maximum atomic E-state index is 13.2. The van der Waals surface area contributed by atoms with Crippen LogP contribution < -0.4 is 5.32 Å². The Bertz CT molecular complexity index is 1030. The van der Waals surface area contributed by atoms with Gasteiger partial charge in [-0.3, -0.25) is 25.0 Å². The molecule has 0 aliphatic carbocycles. The largest absolute Gasteiger partial charge is 0.352 e. The first kappa shape index (κ1) is 17.9. The zero-order chi connectivity index (χ0) is 19.6. The maximum Gasteiger partial charge on any atom is 0.277 e. The van der Waals surface area contributed by atoms with Gasteiger partial charge in [0.25, 0.3) is 17.3 Å². The summed E-state index contributed by atoms with van der Waals surface area (Å²) in [6.45, 7) is 0.141. The number of fused-ring (bicyclic) bond motifs is 1. The first-order chi connectivity index (χ1) is 12.8. The molecule has 11 heteroatoms. The van der Waals surface area contributed by atoms with Gasteiger partial charge in [-0.1, -0.05) is 0 Å². The fraction of sp³-hybridized carbons (Fsp3) is 0.125. The molecule has 0 bridgehead atoms. The van der Waals surface area contributed by atoms with Gasteiger partial charge in [-0.15, -0.1) is 0 Å². The van der Waals surface area contributed by atoms with Crippen LogP contribution in [0.1, 0.15) is 16.1 Å². The first-order valence-electron chi connectivity index (χ1n) is 7.69. The molecule has 0 aliphatic heterocycles. The summed E-state index contributed by atoms with van der Waals surface area (Å²) in [4.78, 5) is 36.6. The molecule has 0 atom stereocenters.